The molecule has 0 aromatic heterocycles. The van der Waals surface area contributed by atoms with Crippen LogP contribution in [0.15, 0.2) is 18.2 Å². The summed E-state index contributed by atoms with van der Waals surface area (Å²) in [7, 11) is 1.64. The number of carbonyl (C=O) groups excluding carboxylic acids is 1. The van der Waals surface area contributed by atoms with Gasteiger partial charge in [0.15, 0.2) is 11.5 Å². The van der Waals surface area contributed by atoms with E-state index in [1.807, 2.05) is 45.9 Å². The molecule has 1 fully saturated rings. The summed E-state index contributed by atoms with van der Waals surface area (Å²) in [6.07, 6.45) is 1.54. The van der Waals surface area contributed by atoms with Crippen molar-refractivity contribution in [2.75, 3.05) is 32.1 Å². The predicted octanol–water partition coefficient (Wildman–Crippen LogP) is 3.91. The Bertz CT molecular complexity index is 575. The Labute approximate surface area is 150 Å². The van der Waals surface area contributed by atoms with Crippen molar-refractivity contribution in [1.29, 1.82) is 0 Å². The van der Waals surface area contributed by atoms with Crippen molar-refractivity contribution in [3.05, 3.63) is 18.2 Å². The monoisotopic (exact) mass is 350 g/mol. The fourth-order valence-electron chi connectivity index (χ4n) is 2.80. The maximum absolute atomic E-state index is 12.1. The molecule has 0 unspecified atom stereocenters. The van der Waals surface area contributed by atoms with Gasteiger partial charge < -0.3 is 24.4 Å². The molecule has 6 nitrogen and oxygen atoms in total. The van der Waals surface area contributed by atoms with Crippen molar-refractivity contribution >= 4 is 11.8 Å². The van der Waals surface area contributed by atoms with Gasteiger partial charge in [-0.3, -0.25) is 0 Å². The molecule has 1 aromatic rings. The van der Waals surface area contributed by atoms with E-state index in [4.69, 9.17) is 14.2 Å². The summed E-state index contributed by atoms with van der Waals surface area (Å²) in [6.45, 7) is 9.60. The molecule has 0 bridgehead atoms. The summed E-state index contributed by atoms with van der Waals surface area (Å²) in [5, 5.41) is 3.52. The van der Waals surface area contributed by atoms with Gasteiger partial charge in [0, 0.05) is 30.9 Å². The summed E-state index contributed by atoms with van der Waals surface area (Å²) in [6, 6.07) is 6.18. The molecule has 0 atom stereocenters. The van der Waals surface area contributed by atoms with Crippen LogP contribution in [0, 0.1) is 0 Å². The van der Waals surface area contributed by atoms with E-state index >= 15 is 0 Å². The van der Waals surface area contributed by atoms with Gasteiger partial charge in [0.1, 0.15) is 5.60 Å². The molecule has 6 heteroatoms. The average Bonchev–Trinajstić information content (AvgIpc) is 2.54. The third-order valence-electron chi connectivity index (χ3n) is 3.98. The van der Waals surface area contributed by atoms with Crippen LogP contribution in [0.2, 0.25) is 0 Å². The first-order valence-corrected chi connectivity index (χ1v) is 8.87. The van der Waals surface area contributed by atoms with Crippen molar-refractivity contribution in [1.82, 2.24) is 4.90 Å². The third kappa shape index (κ3) is 5.73. The second-order valence-corrected chi connectivity index (χ2v) is 7.18. The number of hydrogen-bond acceptors (Lipinski definition) is 5. The van der Waals surface area contributed by atoms with Crippen molar-refractivity contribution < 1.29 is 19.0 Å². The second kappa shape index (κ2) is 8.32. The van der Waals surface area contributed by atoms with E-state index in [-0.39, 0.29) is 6.09 Å². The molecular formula is C19H30N2O4. The summed E-state index contributed by atoms with van der Waals surface area (Å²) in [5.74, 6) is 1.47. The van der Waals surface area contributed by atoms with Crippen LogP contribution in [0.4, 0.5) is 10.5 Å². The Balaban J connectivity index is 1.89. The lowest BCUT2D eigenvalue weighted by molar-refractivity contribution is 0.0210. The fraction of sp³-hybridized carbons (Fsp3) is 0.632. The minimum atomic E-state index is -0.453. The first-order valence-electron chi connectivity index (χ1n) is 8.87. The smallest absolute Gasteiger partial charge is 0.410 e. The van der Waals surface area contributed by atoms with Crippen molar-refractivity contribution in [2.24, 2.45) is 0 Å². The van der Waals surface area contributed by atoms with E-state index in [0.717, 1.165) is 30.0 Å². The van der Waals surface area contributed by atoms with Gasteiger partial charge in [0.05, 0.1) is 13.7 Å². The van der Waals surface area contributed by atoms with Crippen LogP contribution in [0.5, 0.6) is 11.5 Å². The third-order valence-corrected chi connectivity index (χ3v) is 3.98. The number of benzene rings is 1. The highest BCUT2D eigenvalue weighted by Gasteiger charge is 2.26. The molecule has 1 N–H and O–H groups in total. The Morgan fingerprint density at radius 2 is 1.92 bits per heavy atom. The Hall–Kier alpha value is -2.11. The first-order chi connectivity index (χ1) is 11.8. The van der Waals surface area contributed by atoms with Crippen LogP contribution in [0.3, 0.4) is 0 Å². The molecule has 1 saturated heterocycles. The van der Waals surface area contributed by atoms with Gasteiger partial charge in [-0.25, -0.2) is 4.79 Å². The predicted molar refractivity (Wildman–Crippen MR) is 98.6 cm³/mol. The van der Waals surface area contributed by atoms with E-state index in [9.17, 15) is 4.79 Å². The van der Waals surface area contributed by atoms with E-state index in [2.05, 4.69) is 5.32 Å². The van der Waals surface area contributed by atoms with Crippen LogP contribution < -0.4 is 14.8 Å². The molecule has 1 aliphatic heterocycles. The zero-order valence-electron chi connectivity index (χ0n) is 15.9. The number of ether oxygens (including phenoxy) is 3. The molecule has 140 valence electrons. The highest BCUT2D eigenvalue weighted by Crippen LogP contribution is 2.31. The van der Waals surface area contributed by atoms with Gasteiger partial charge in [0.2, 0.25) is 0 Å². The molecular weight excluding hydrogens is 320 g/mol. The van der Waals surface area contributed by atoms with Gasteiger partial charge in [0.25, 0.3) is 0 Å². The lowest BCUT2D eigenvalue weighted by Gasteiger charge is -2.34. The van der Waals surface area contributed by atoms with Gasteiger partial charge >= 0.3 is 6.09 Å². The second-order valence-electron chi connectivity index (χ2n) is 7.18. The maximum atomic E-state index is 12.1. The minimum absolute atomic E-state index is 0.228. The van der Waals surface area contributed by atoms with Gasteiger partial charge in [-0.15, -0.1) is 0 Å². The summed E-state index contributed by atoms with van der Waals surface area (Å²) in [5.41, 5.74) is 0.547. The molecule has 25 heavy (non-hydrogen) atoms. The molecule has 2 rings (SSSR count). The molecule has 1 aromatic carbocycles. The number of nitrogens with zero attached hydrogens (tertiary/aromatic N) is 1. The molecule has 0 spiro atoms. The van der Waals surface area contributed by atoms with Crippen LogP contribution >= 0.6 is 0 Å². The number of nitrogens with one attached hydrogen (secondary N) is 1. The molecule has 1 amide bonds. The number of piperidine rings is 1. The van der Waals surface area contributed by atoms with Crippen molar-refractivity contribution in [3.63, 3.8) is 0 Å². The maximum Gasteiger partial charge on any atom is 0.410 e. The molecule has 0 saturated carbocycles. The van der Waals surface area contributed by atoms with Crippen molar-refractivity contribution in [3.8, 4) is 11.5 Å². The number of methoxy groups -OCH3 is 1. The Morgan fingerprint density at radius 3 is 2.48 bits per heavy atom. The van der Waals surface area contributed by atoms with Crippen LogP contribution in [0.25, 0.3) is 0 Å². The number of anilines is 1. The number of hydrogen-bond donors (Lipinski definition) is 1. The molecule has 0 aliphatic carbocycles. The largest absolute Gasteiger partial charge is 0.493 e. The highest BCUT2D eigenvalue weighted by atomic mass is 16.6. The van der Waals surface area contributed by atoms with E-state index in [1.54, 1.807) is 12.0 Å². The number of likely N-dealkylation sites (tertiary alicyclic amines) is 1. The standard InChI is InChI=1S/C19H30N2O4/c1-6-24-17-13-15(7-8-16(17)23-5)20-14-9-11-21(12-10-14)18(22)25-19(2,3)4/h7-8,13-14,20H,6,9-12H2,1-5H3. The fourth-order valence-corrected chi connectivity index (χ4v) is 2.80. The lowest BCUT2D eigenvalue weighted by Crippen LogP contribution is -2.44. The van der Waals surface area contributed by atoms with Gasteiger partial charge in [-0.2, -0.15) is 0 Å². The summed E-state index contributed by atoms with van der Waals surface area (Å²) >= 11 is 0. The molecule has 1 aliphatic rings. The zero-order valence-corrected chi connectivity index (χ0v) is 15.9. The number of carbonyl (C=O) groups is 1. The van der Waals surface area contributed by atoms with E-state index < -0.39 is 5.60 Å². The average molecular weight is 350 g/mol. The molecule has 0 radical (unpaired) electrons. The van der Waals surface area contributed by atoms with E-state index in [0.29, 0.717) is 25.7 Å². The van der Waals surface area contributed by atoms with Crippen LogP contribution in [-0.4, -0.2) is 49.4 Å². The van der Waals surface area contributed by atoms with Crippen LogP contribution in [-0.2, 0) is 4.74 Å². The Kier molecular flexibility index (Phi) is 6.39. The van der Waals surface area contributed by atoms with E-state index in [1.165, 1.54) is 0 Å². The molecule has 1 heterocycles. The van der Waals surface area contributed by atoms with Crippen molar-refractivity contribution in [2.45, 2.75) is 52.2 Å². The van der Waals surface area contributed by atoms with Gasteiger partial charge in [-0.05, 0) is 52.7 Å². The SMILES string of the molecule is CCOc1cc(NC2CCN(C(=O)OC(C)(C)C)CC2)ccc1OC. The van der Waals surface area contributed by atoms with Crippen LogP contribution in [0.1, 0.15) is 40.5 Å². The Morgan fingerprint density at radius 1 is 1.24 bits per heavy atom. The minimum Gasteiger partial charge on any atom is -0.493 e. The number of amides is 1. The summed E-state index contributed by atoms with van der Waals surface area (Å²) < 4.78 is 16.4. The quantitative estimate of drug-likeness (QED) is 0.872. The van der Waals surface area contributed by atoms with Gasteiger partial charge in [-0.1, -0.05) is 0 Å². The highest BCUT2D eigenvalue weighted by molar-refractivity contribution is 5.68. The zero-order chi connectivity index (χ0) is 18.4. The lowest BCUT2D eigenvalue weighted by atomic mass is 10.0. The summed E-state index contributed by atoms with van der Waals surface area (Å²) in [4.78, 5) is 13.9. The normalized spacial score (nSPS) is 15.6. The number of rotatable bonds is 5. The first kappa shape index (κ1) is 19.2. The topological polar surface area (TPSA) is 60.0 Å².